The van der Waals surface area contributed by atoms with Crippen LogP contribution in [0.25, 0.3) is 0 Å². The summed E-state index contributed by atoms with van der Waals surface area (Å²) in [6.45, 7) is 0. The minimum Gasteiger partial charge on any atom is -0.508 e. The van der Waals surface area contributed by atoms with Gasteiger partial charge in [0.15, 0.2) is 0 Å². The fourth-order valence-corrected chi connectivity index (χ4v) is 2.91. The Kier molecular flexibility index (Phi) is 2.26. The van der Waals surface area contributed by atoms with Crippen molar-refractivity contribution in [1.29, 1.82) is 0 Å². The molecule has 0 unspecified atom stereocenters. The highest BCUT2D eigenvalue weighted by molar-refractivity contribution is 7.99. The summed E-state index contributed by atoms with van der Waals surface area (Å²) >= 11 is 1.95. The SMILES string of the molecule is Oc1ccccc1[C@@H]1CCCS1. The van der Waals surface area contributed by atoms with Crippen molar-refractivity contribution in [3.63, 3.8) is 0 Å². The van der Waals surface area contributed by atoms with Crippen molar-refractivity contribution in [2.75, 3.05) is 5.75 Å². The Morgan fingerprint density at radius 2 is 2.17 bits per heavy atom. The molecule has 0 aromatic heterocycles. The first-order valence-electron chi connectivity index (χ1n) is 4.27. The van der Waals surface area contributed by atoms with Gasteiger partial charge in [-0.15, -0.1) is 0 Å². The van der Waals surface area contributed by atoms with E-state index < -0.39 is 0 Å². The molecule has 0 saturated carbocycles. The normalized spacial score (nSPS) is 22.8. The molecule has 1 aromatic carbocycles. The van der Waals surface area contributed by atoms with Crippen LogP contribution in [0.4, 0.5) is 0 Å². The molecule has 1 nitrogen and oxygen atoms in total. The van der Waals surface area contributed by atoms with Gasteiger partial charge in [-0.25, -0.2) is 0 Å². The molecule has 1 aliphatic rings. The number of hydrogen-bond donors (Lipinski definition) is 1. The zero-order valence-electron chi connectivity index (χ0n) is 6.86. The van der Waals surface area contributed by atoms with Gasteiger partial charge in [0, 0.05) is 10.8 Å². The highest BCUT2D eigenvalue weighted by Gasteiger charge is 2.19. The van der Waals surface area contributed by atoms with Gasteiger partial charge in [-0.2, -0.15) is 11.8 Å². The highest BCUT2D eigenvalue weighted by Crippen LogP contribution is 2.42. The first-order chi connectivity index (χ1) is 5.88. The molecule has 12 heavy (non-hydrogen) atoms. The molecule has 0 radical (unpaired) electrons. The van der Waals surface area contributed by atoms with Gasteiger partial charge in [-0.1, -0.05) is 18.2 Å². The summed E-state index contributed by atoms with van der Waals surface area (Å²) in [5, 5.41) is 10.1. The second-order valence-electron chi connectivity index (χ2n) is 3.06. The minimum absolute atomic E-state index is 0.455. The average Bonchev–Trinajstić information content (AvgIpc) is 2.57. The van der Waals surface area contributed by atoms with E-state index in [2.05, 4.69) is 0 Å². The van der Waals surface area contributed by atoms with Gasteiger partial charge in [-0.05, 0) is 24.7 Å². The number of rotatable bonds is 1. The van der Waals surface area contributed by atoms with Crippen LogP contribution in [-0.4, -0.2) is 10.9 Å². The predicted molar refractivity (Wildman–Crippen MR) is 52.5 cm³/mol. The molecule has 0 amide bonds. The Morgan fingerprint density at radius 1 is 1.33 bits per heavy atom. The summed E-state index contributed by atoms with van der Waals surface area (Å²) in [5.41, 5.74) is 1.11. The third-order valence-corrected chi connectivity index (χ3v) is 3.63. The number of para-hydroxylation sites is 1. The highest BCUT2D eigenvalue weighted by atomic mass is 32.2. The van der Waals surface area contributed by atoms with Crippen LogP contribution >= 0.6 is 11.8 Å². The van der Waals surface area contributed by atoms with Gasteiger partial charge < -0.3 is 5.11 Å². The quantitative estimate of drug-likeness (QED) is 0.717. The summed E-state index contributed by atoms with van der Waals surface area (Å²) in [4.78, 5) is 0. The predicted octanol–water partition coefficient (Wildman–Crippen LogP) is 2.96. The number of phenols is 1. The van der Waals surface area contributed by atoms with Crippen LogP contribution < -0.4 is 0 Å². The molecular formula is C10H12OS. The summed E-state index contributed by atoms with van der Waals surface area (Å²) in [5.74, 6) is 1.69. The number of thioether (sulfide) groups is 1. The Morgan fingerprint density at radius 3 is 2.83 bits per heavy atom. The molecule has 1 fully saturated rings. The van der Waals surface area contributed by atoms with Crippen LogP contribution in [0.15, 0.2) is 24.3 Å². The lowest BCUT2D eigenvalue weighted by molar-refractivity contribution is 0.467. The van der Waals surface area contributed by atoms with Crippen molar-refractivity contribution in [2.45, 2.75) is 18.1 Å². The van der Waals surface area contributed by atoms with Crippen LogP contribution in [0.3, 0.4) is 0 Å². The van der Waals surface area contributed by atoms with Crippen LogP contribution in [0, 0.1) is 0 Å². The number of hydrogen-bond acceptors (Lipinski definition) is 2. The van der Waals surface area contributed by atoms with E-state index in [1.165, 1.54) is 18.6 Å². The van der Waals surface area contributed by atoms with E-state index in [9.17, 15) is 5.11 Å². The average molecular weight is 180 g/mol. The Hall–Kier alpha value is -0.630. The lowest BCUT2D eigenvalue weighted by atomic mass is 10.1. The Balaban J connectivity index is 2.26. The standard InChI is InChI=1S/C10H12OS/c11-9-5-2-1-4-8(9)10-6-3-7-12-10/h1-2,4-5,10-11H,3,6-7H2/t10-/m0/s1. The second kappa shape index (κ2) is 3.40. The van der Waals surface area contributed by atoms with Crippen molar-refractivity contribution in [2.24, 2.45) is 0 Å². The van der Waals surface area contributed by atoms with Gasteiger partial charge in [0.25, 0.3) is 0 Å². The maximum absolute atomic E-state index is 9.56. The Bertz CT molecular complexity index is 266. The lowest BCUT2D eigenvalue weighted by Crippen LogP contribution is -1.87. The molecule has 64 valence electrons. The number of aromatic hydroxyl groups is 1. The fraction of sp³-hybridized carbons (Fsp3) is 0.400. The van der Waals surface area contributed by atoms with Gasteiger partial charge in [0.2, 0.25) is 0 Å². The molecule has 0 bridgehead atoms. The topological polar surface area (TPSA) is 20.2 Å². The van der Waals surface area contributed by atoms with E-state index in [0.717, 1.165) is 5.56 Å². The minimum atomic E-state index is 0.455. The van der Waals surface area contributed by atoms with E-state index >= 15 is 0 Å². The van der Waals surface area contributed by atoms with E-state index in [1.807, 2.05) is 30.0 Å². The third kappa shape index (κ3) is 1.44. The smallest absolute Gasteiger partial charge is 0.119 e. The molecule has 1 heterocycles. The lowest BCUT2D eigenvalue weighted by Gasteiger charge is -2.09. The molecule has 1 N–H and O–H groups in total. The monoisotopic (exact) mass is 180 g/mol. The molecule has 1 atom stereocenters. The molecule has 2 heteroatoms. The molecule has 0 aliphatic carbocycles. The van der Waals surface area contributed by atoms with E-state index in [0.29, 0.717) is 11.0 Å². The molecule has 1 aromatic rings. The maximum Gasteiger partial charge on any atom is 0.119 e. The number of benzene rings is 1. The first-order valence-corrected chi connectivity index (χ1v) is 5.32. The van der Waals surface area contributed by atoms with E-state index in [-0.39, 0.29) is 0 Å². The molecular weight excluding hydrogens is 168 g/mol. The fourth-order valence-electron chi connectivity index (χ4n) is 1.58. The molecule has 1 saturated heterocycles. The van der Waals surface area contributed by atoms with Crippen LogP contribution in [-0.2, 0) is 0 Å². The Labute approximate surface area is 76.8 Å². The summed E-state index contributed by atoms with van der Waals surface area (Å²) in [7, 11) is 0. The van der Waals surface area contributed by atoms with Crippen LogP contribution in [0.2, 0.25) is 0 Å². The number of phenolic OH excluding ortho intramolecular Hbond substituents is 1. The summed E-state index contributed by atoms with van der Waals surface area (Å²) < 4.78 is 0. The zero-order valence-corrected chi connectivity index (χ0v) is 7.68. The van der Waals surface area contributed by atoms with Gasteiger partial charge >= 0.3 is 0 Å². The van der Waals surface area contributed by atoms with Gasteiger partial charge in [0.05, 0.1) is 0 Å². The summed E-state index contributed by atoms with van der Waals surface area (Å²) in [6, 6.07) is 7.67. The second-order valence-corrected chi connectivity index (χ2v) is 4.37. The largest absolute Gasteiger partial charge is 0.508 e. The van der Waals surface area contributed by atoms with Crippen LogP contribution in [0.1, 0.15) is 23.7 Å². The molecule has 1 aliphatic heterocycles. The zero-order chi connectivity index (χ0) is 8.39. The van der Waals surface area contributed by atoms with Gasteiger partial charge in [-0.3, -0.25) is 0 Å². The maximum atomic E-state index is 9.56. The van der Waals surface area contributed by atoms with Crippen molar-refractivity contribution < 1.29 is 5.11 Å². The van der Waals surface area contributed by atoms with Crippen LogP contribution in [0.5, 0.6) is 5.75 Å². The van der Waals surface area contributed by atoms with Crippen molar-refractivity contribution in [1.82, 2.24) is 0 Å². The molecule has 2 rings (SSSR count). The molecule has 0 spiro atoms. The van der Waals surface area contributed by atoms with Crippen molar-refractivity contribution >= 4 is 11.8 Å². The van der Waals surface area contributed by atoms with Crippen molar-refractivity contribution in [3.05, 3.63) is 29.8 Å². The van der Waals surface area contributed by atoms with Crippen molar-refractivity contribution in [3.8, 4) is 5.75 Å². The summed E-state index contributed by atoms with van der Waals surface area (Å²) in [6.07, 6.45) is 2.49. The first kappa shape index (κ1) is 7.99. The van der Waals surface area contributed by atoms with E-state index in [4.69, 9.17) is 0 Å². The third-order valence-electron chi connectivity index (χ3n) is 2.21. The van der Waals surface area contributed by atoms with Gasteiger partial charge in [0.1, 0.15) is 5.75 Å². The van der Waals surface area contributed by atoms with E-state index in [1.54, 1.807) is 6.07 Å².